The van der Waals surface area contributed by atoms with Gasteiger partial charge in [0.25, 0.3) is 5.91 Å². The molecule has 1 unspecified atom stereocenters. The van der Waals surface area contributed by atoms with Gasteiger partial charge in [-0.3, -0.25) is 9.36 Å². The van der Waals surface area contributed by atoms with Crippen LogP contribution in [0.25, 0.3) is 11.0 Å². The number of halogens is 3. The Balaban J connectivity index is 1.68. The number of rotatable bonds is 3. The first-order valence-corrected chi connectivity index (χ1v) is 10.6. The maximum absolute atomic E-state index is 13.5. The van der Waals surface area contributed by atoms with Gasteiger partial charge in [0.15, 0.2) is 0 Å². The molecule has 5 rings (SSSR count). The number of aromatic nitrogens is 2. The van der Waals surface area contributed by atoms with Crippen LogP contribution in [0.5, 0.6) is 0 Å². The van der Waals surface area contributed by atoms with E-state index in [1.165, 1.54) is 24.3 Å². The molecule has 0 saturated heterocycles. The number of benzene rings is 3. The van der Waals surface area contributed by atoms with Gasteiger partial charge in [-0.1, -0.05) is 41.4 Å². The van der Waals surface area contributed by atoms with Crippen LogP contribution in [0.4, 0.5) is 16.0 Å². The normalized spacial score (nSPS) is 15.4. The highest BCUT2D eigenvalue weighted by molar-refractivity contribution is 6.35. The Hall–Kier alpha value is -3.35. The summed E-state index contributed by atoms with van der Waals surface area (Å²) in [4.78, 5) is 18.2. The molecule has 2 N–H and O–H groups in total. The molecule has 0 radical (unpaired) electrons. The lowest BCUT2D eigenvalue weighted by Crippen LogP contribution is -2.31. The third-order valence-electron chi connectivity index (χ3n) is 5.43. The molecular weight excluding hydrogens is 450 g/mol. The van der Waals surface area contributed by atoms with Gasteiger partial charge in [-0.25, -0.2) is 9.37 Å². The van der Waals surface area contributed by atoms with Gasteiger partial charge in [0.1, 0.15) is 5.82 Å². The SMILES string of the molecule is CC1=C(C(=O)Nc2ccc(F)cc2)C(c2ccc(Cl)cc2Cl)n2c(nc3ccccc32)N1. The zero-order chi connectivity index (χ0) is 22.4. The number of carbonyl (C=O) groups is 1. The topological polar surface area (TPSA) is 59.0 Å². The van der Waals surface area contributed by atoms with E-state index in [1.807, 2.05) is 41.8 Å². The number of nitrogens with zero attached hydrogens (tertiary/aromatic N) is 2. The minimum atomic E-state index is -0.552. The number of fused-ring (bicyclic) bond motifs is 3. The first-order valence-electron chi connectivity index (χ1n) is 9.89. The number of carbonyl (C=O) groups excluding carboxylic acids is 1. The molecule has 0 fully saturated rings. The molecule has 1 aromatic heterocycles. The molecular formula is C24H17Cl2FN4O. The van der Waals surface area contributed by atoms with E-state index in [-0.39, 0.29) is 11.7 Å². The maximum Gasteiger partial charge on any atom is 0.255 e. The molecule has 160 valence electrons. The molecule has 1 atom stereocenters. The summed E-state index contributed by atoms with van der Waals surface area (Å²) in [5, 5.41) is 7.05. The van der Waals surface area contributed by atoms with Crippen molar-refractivity contribution in [2.24, 2.45) is 0 Å². The second-order valence-corrected chi connectivity index (χ2v) is 8.33. The van der Waals surface area contributed by atoms with Crippen molar-refractivity contribution >= 4 is 51.8 Å². The average molecular weight is 467 g/mol. The number of para-hydroxylation sites is 2. The number of hydrogen-bond donors (Lipinski definition) is 2. The highest BCUT2D eigenvalue weighted by Gasteiger charge is 2.35. The summed E-state index contributed by atoms with van der Waals surface area (Å²) < 4.78 is 15.3. The van der Waals surface area contributed by atoms with Crippen molar-refractivity contribution in [2.75, 3.05) is 10.6 Å². The fourth-order valence-corrected chi connectivity index (χ4v) is 4.52. The van der Waals surface area contributed by atoms with E-state index in [0.29, 0.717) is 38.5 Å². The van der Waals surface area contributed by atoms with E-state index >= 15 is 0 Å². The van der Waals surface area contributed by atoms with Crippen molar-refractivity contribution in [2.45, 2.75) is 13.0 Å². The summed E-state index contributed by atoms with van der Waals surface area (Å²) in [6, 6.07) is 18.0. The molecule has 8 heteroatoms. The van der Waals surface area contributed by atoms with Crippen LogP contribution < -0.4 is 10.6 Å². The van der Waals surface area contributed by atoms with Crippen LogP contribution in [0, 0.1) is 5.82 Å². The van der Waals surface area contributed by atoms with E-state index < -0.39 is 6.04 Å². The largest absolute Gasteiger partial charge is 0.329 e. The van der Waals surface area contributed by atoms with Gasteiger partial charge < -0.3 is 10.6 Å². The second kappa shape index (κ2) is 7.97. The summed E-state index contributed by atoms with van der Waals surface area (Å²) in [6.07, 6.45) is 0. The fraction of sp³-hybridized carbons (Fsp3) is 0.0833. The number of allylic oxidation sites excluding steroid dienone is 1. The predicted molar refractivity (Wildman–Crippen MR) is 126 cm³/mol. The van der Waals surface area contributed by atoms with Crippen molar-refractivity contribution in [3.8, 4) is 0 Å². The van der Waals surface area contributed by atoms with Crippen molar-refractivity contribution in [3.63, 3.8) is 0 Å². The van der Waals surface area contributed by atoms with Gasteiger partial charge >= 0.3 is 0 Å². The number of amides is 1. The molecule has 1 aliphatic heterocycles. The van der Waals surface area contributed by atoms with Crippen LogP contribution in [-0.2, 0) is 4.79 Å². The molecule has 0 aliphatic carbocycles. The Kier molecular flexibility index (Phi) is 5.12. The second-order valence-electron chi connectivity index (χ2n) is 7.49. The zero-order valence-electron chi connectivity index (χ0n) is 16.9. The van der Waals surface area contributed by atoms with Crippen LogP contribution in [0.1, 0.15) is 18.5 Å². The van der Waals surface area contributed by atoms with Crippen LogP contribution in [-0.4, -0.2) is 15.5 Å². The van der Waals surface area contributed by atoms with Gasteiger partial charge in [-0.05, 0) is 61.0 Å². The molecule has 0 bridgehead atoms. The molecule has 4 aromatic rings. The Morgan fingerprint density at radius 3 is 2.59 bits per heavy atom. The third-order valence-corrected chi connectivity index (χ3v) is 6.00. The van der Waals surface area contributed by atoms with Crippen molar-refractivity contribution in [1.29, 1.82) is 0 Å². The van der Waals surface area contributed by atoms with Crippen molar-refractivity contribution < 1.29 is 9.18 Å². The molecule has 0 spiro atoms. The Labute approximate surface area is 193 Å². The minimum Gasteiger partial charge on any atom is -0.329 e. The summed E-state index contributed by atoms with van der Waals surface area (Å²) in [5.74, 6) is -0.0998. The zero-order valence-corrected chi connectivity index (χ0v) is 18.4. The Bertz CT molecular complexity index is 1400. The lowest BCUT2D eigenvalue weighted by Gasteiger charge is -2.31. The molecule has 5 nitrogen and oxygen atoms in total. The van der Waals surface area contributed by atoms with Gasteiger partial charge in [0.05, 0.1) is 22.6 Å². The van der Waals surface area contributed by atoms with Crippen molar-refractivity contribution in [3.05, 3.63) is 99.4 Å². The molecule has 2 heterocycles. The van der Waals surface area contributed by atoms with E-state index in [4.69, 9.17) is 23.2 Å². The fourth-order valence-electron chi connectivity index (χ4n) is 4.01. The van der Waals surface area contributed by atoms with Crippen LogP contribution in [0.15, 0.2) is 78.0 Å². The highest BCUT2D eigenvalue weighted by Crippen LogP contribution is 2.42. The number of anilines is 2. The number of imidazole rings is 1. The molecule has 0 saturated carbocycles. The van der Waals surface area contributed by atoms with Gasteiger partial charge in [-0.15, -0.1) is 0 Å². The van der Waals surface area contributed by atoms with Gasteiger partial charge in [-0.2, -0.15) is 0 Å². The summed E-state index contributed by atoms with van der Waals surface area (Å²) in [7, 11) is 0. The van der Waals surface area contributed by atoms with E-state index in [9.17, 15) is 9.18 Å². The average Bonchev–Trinajstić information content (AvgIpc) is 3.12. The number of hydrogen-bond acceptors (Lipinski definition) is 3. The lowest BCUT2D eigenvalue weighted by molar-refractivity contribution is -0.113. The Morgan fingerprint density at radius 2 is 1.84 bits per heavy atom. The lowest BCUT2D eigenvalue weighted by atomic mass is 9.94. The smallest absolute Gasteiger partial charge is 0.255 e. The number of nitrogens with one attached hydrogen (secondary N) is 2. The molecule has 32 heavy (non-hydrogen) atoms. The molecule has 3 aromatic carbocycles. The first kappa shape index (κ1) is 20.5. The predicted octanol–water partition coefficient (Wildman–Crippen LogP) is 6.41. The minimum absolute atomic E-state index is 0.332. The van der Waals surface area contributed by atoms with Crippen LogP contribution in [0.2, 0.25) is 10.0 Å². The summed E-state index contributed by atoms with van der Waals surface area (Å²) in [6.45, 7) is 1.82. The Morgan fingerprint density at radius 1 is 1.09 bits per heavy atom. The monoisotopic (exact) mass is 466 g/mol. The maximum atomic E-state index is 13.5. The summed E-state index contributed by atoms with van der Waals surface area (Å²) in [5.41, 5.74) is 3.95. The van der Waals surface area contributed by atoms with E-state index in [2.05, 4.69) is 15.6 Å². The third kappa shape index (κ3) is 3.51. The first-order chi connectivity index (χ1) is 15.4. The van der Waals surface area contributed by atoms with Crippen molar-refractivity contribution in [1.82, 2.24) is 9.55 Å². The van der Waals surface area contributed by atoms with E-state index in [0.717, 1.165) is 11.0 Å². The van der Waals surface area contributed by atoms with Gasteiger partial charge in [0.2, 0.25) is 5.95 Å². The van der Waals surface area contributed by atoms with Crippen LogP contribution in [0.3, 0.4) is 0 Å². The summed E-state index contributed by atoms with van der Waals surface area (Å²) >= 11 is 12.7. The highest BCUT2D eigenvalue weighted by atomic mass is 35.5. The standard InChI is InChI=1S/C24H17Cl2FN4O/c1-13-21(23(32)29-16-9-7-15(27)8-10-16)22(17-11-6-14(25)12-18(17)26)31-20-5-3-2-4-19(20)30-24(31)28-13/h2-12,22H,1H3,(H,28,30)(H,29,32). The molecule has 1 aliphatic rings. The van der Waals surface area contributed by atoms with E-state index in [1.54, 1.807) is 12.1 Å². The van der Waals surface area contributed by atoms with Crippen LogP contribution >= 0.6 is 23.2 Å². The van der Waals surface area contributed by atoms with Gasteiger partial charge in [0, 0.05) is 21.4 Å². The molecule has 1 amide bonds. The quantitative estimate of drug-likeness (QED) is 0.366.